The largest absolute Gasteiger partial charge is 0.299 e. The van der Waals surface area contributed by atoms with Gasteiger partial charge in [-0.15, -0.1) is 0 Å². The van der Waals surface area contributed by atoms with Gasteiger partial charge < -0.3 is 0 Å². The maximum atomic E-state index is 10.4. The van der Waals surface area contributed by atoms with Crippen molar-refractivity contribution in [2.24, 2.45) is 0 Å². The van der Waals surface area contributed by atoms with Crippen LogP contribution in [0.4, 0.5) is 0 Å². The average Bonchev–Trinajstić information content (AvgIpc) is 2.51. The second-order valence-electron chi connectivity index (χ2n) is 4.48. The number of ketones is 1. The number of hydrogen-bond acceptors (Lipinski definition) is 1. The molecule has 3 rings (SSSR count). The van der Waals surface area contributed by atoms with Crippen LogP contribution >= 0.6 is 0 Å². The van der Waals surface area contributed by atoms with Crippen LogP contribution < -0.4 is 0 Å². The van der Waals surface area contributed by atoms with E-state index in [4.69, 9.17) is 0 Å². The number of carbonyl (C=O) groups is 1. The third-order valence-electron chi connectivity index (χ3n) is 2.98. The zero-order valence-corrected chi connectivity index (χ0v) is 11.0. The molecule has 1 aliphatic rings. The van der Waals surface area contributed by atoms with Crippen molar-refractivity contribution in [1.82, 2.24) is 0 Å². The van der Waals surface area contributed by atoms with Gasteiger partial charge in [-0.1, -0.05) is 72.8 Å². The lowest BCUT2D eigenvalue weighted by molar-refractivity contribution is -0.118. The van der Waals surface area contributed by atoms with Crippen LogP contribution in [0.1, 0.15) is 19.3 Å². The Morgan fingerprint density at radius 1 is 0.684 bits per heavy atom. The highest BCUT2D eigenvalue weighted by molar-refractivity contribution is 5.80. The van der Waals surface area contributed by atoms with Gasteiger partial charge in [0.1, 0.15) is 5.78 Å². The highest BCUT2D eigenvalue weighted by Gasteiger charge is 1.99. The first-order valence-electron chi connectivity index (χ1n) is 6.63. The molecule has 0 N–H and O–H groups in total. The molecule has 0 heterocycles. The van der Waals surface area contributed by atoms with Gasteiger partial charge in [0, 0.05) is 12.8 Å². The van der Waals surface area contributed by atoms with Gasteiger partial charge in [-0.05, 0) is 17.5 Å². The standard InChI is InChI=1S/C12H10.C6H8O/c1-3-7-11(8-4-1)12-9-5-2-6-10-12;7-6-4-2-1-3-5-6/h1-10H;1-2H,3-5H2. The molecule has 0 fully saturated rings. The average molecular weight is 250 g/mol. The van der Waals surface area contributed by atoms with Crippen LogP contribution in [-0.4, -0.2) is 5.78 Å². The first-order valence-corrected chi connectivity index (χ1v) is 6.63. The minimum atomic E-state index is 0.377. The molecule has 0 bridgehead atoms. The Balaban J connectivity index is 0.000000163. The van der Waals surface area contributed by atoms with Gasteiger partial charge in [0.2, 0.25) is 0 Å². The van der Waals surface area contributed by atoms with Crippen LogP contribution in [-0.2, 0) is 4.79 Å². The SMILES string of the molecule is O=C1CC=CCC1.c1ccc(-c2ccccc2)cc1. The van der Waals surface area contributed by atoms with Gasteiger partial charge in [0.25, 0.3) is 0 Å². The van der Waals surface area contributed by atoms with E-state index in [-0.39, 0.29) is 0 Å². The molecule has 1 nitrogen and oxygen atoms in total. The molecule has 0 aliphatic heterocycles. The van der Waals surface area contributed by atoms with Gasteiger partial charge in [-0.3, -0.25) is 4.79 Å². The molecule has 0 spiro atoms. The Bertz CT molecular complexity index is 489. The van der Waals surface area contributed by atoms with E-state index in [1.165, 1.54) is 11.1 Å². The molecule has 96 valence electrons. The summed E-state index contributed by atoms with van der Waals surface area (Å²) in [7, 11) is 0. The minimum Gasteiger partial charge on any atom is -0.299 e. The van der Waals surface area contributed by atoms with E-state index < -0.39 is 0 Å². The molecule has 0 saturated heterocycles. The van der Waals surface area contributed by atoms with E-state index in [9.17, 15) is 4.79 Å². The van der Waals surface area contributed by atoms with E-state index in [1.54, 1.807) is 0 Å². The summed E-state index contributed by atoms with van der Waals surface area (Å²) in [5.41, 5.74) is 2.55. The molecule has 1 aliphatic carbocycles. The predicted molar refractivity (Wildman–Crippen MR) is 79.9 cm³/mol. The predicted octanol–water partition coefficient (Wildman–Crippen LogP) is 4.65. The molecular formula is C18H18O. The van der Waals surface area contributed by atoms with Crippen LogP contribution in [0.25, 0.3) is 11.1 Å². The van der Waals surface area contributed by atoms with E-state index in [1.807, 2.05) is 18.2 Å². The normalized spacial score (nSPS) is 13.6. The lowest BCUT2D eigenvalue weighted by Crippen LogP contribution is -1.97. The minimum absolute atomic E-state index is 0.377. The first kappa shape index (κ1) is 13.3. The molecule has 2 aromatic rings. The quantitative estimate of drug-likeness (QED) is 0.673. The van der Waals surface area contributed by atoms with Crippen molar-refractivity contribution in [2.45, 2.75) is 19.3 Å². The van der Waals surface area contributed by atoms with Crippen molar-refractivity contribution in [3.8, 4) is 11.1 Å². The zero-order chi connectivity index (χ0) is 13.3. The number of Topliss-reactive ketones (excluding diaryl/α,β-unsaturated/α-hetero) is 1. The molecule has 0 aromatic heterocycles. The molecule has 0 unspecified atom stereocenters. The number of benzene rings is 2. The molecule has 0 radical (unpaired) electrons. The molecular weight excluding hydrogens is 232 g/mol. The van der Waals surface area contributed by atoms with E-state index in [0.29, 0.717) is 12.2 Å². The van der Waals surface area contributed by atoms with Crippen molar-refractivity contribution < 1.29 is 4.79 Å². The summed E-state index contributed by atoms with van der Waals surface area (Å²) in [6.07, 6.45) is 6.38. The zero-order valence-electron chi connectivity index (χ0n) is 11.0. The maximum absolute atomic E-state index is 10.4. The van der Waals surface area contributed by atoms with Gasteiger partial charge in [0.05, 0.1) is 0 Å². The maximum Gasteiger partial charge on any atom is 0.136 e. The topological polar surface area (TPSA) is 17.1 Å². The summed E-state index contributed by atoms with van der Waals surface area (Å²) in [4.78, 5) is 10.4. The van der Waals surface area contributed by atoms with E-state index in [2.05, 4.69) is 54.6 Å². The molecule has 0 saturated carbocycles. The van der Waals surface area contributed by atoms with Crippen LogP contribution in [0.2, 0.25) is 0 Å². The monoisotopic (exact) mass is 250 g/mol. The van der Waals surface area contributed by atoms with Gasteiger partial charge in [-0.25, -0.2) is 0 Å². The summed E-state index contributed by atoms with van der Waals surface area (Å²) >= 11 is 0. The summed E-state index contributed by atoms with van der Waals surface area (Å²) in [5, 5.41) is 0. The number of carbonyl (C=O) groups excluding carboxylic acids is 1. The fourth-order valence-electron chi connectivity index (χ4n) is 1.94. The second-order valence-corrected chi connectivity index (χ2v) is 4.48. The fraction of sp³-hybridized carbons (Fsp3) is 0.167. The lowest BCUT2D eigenvalue weighted by atomic mass is 10.1. The number of rotatable bonds is 1. The van der Waals surface area contributed by atoms with Crippen LogP contribution in [0.5, 0.6) is 0 Å². The van der Waals surface area contributed by atoms with E-state index in [0.717, 1.165) is 12.8 Å². The molecule has 0 atom stereocenters. The lowest BCUT2D eigenvalue weighted by Gasteiger charge is -1.98. The van der Waals surface area contributed by atoms with Gasteiger partial charge >= 0.3 is 0 Å². The smallest absolute Gasteiger partial charge is 0.136 e. The Morgan fingerprint density at radius 2 is 1.21 bits per heavy atom. The van der Waals surface area contributed by atoms with Crippen LogP contribution in [0.15, 0.2) is 72.8 Å². The Kier molecular flexibility index (Phi) is 5.12. The molecule has 2 aromatic carbocycles. The summed E-state index contributed by atoms with van der Waals surface area (Å²) in [6, 6.07) is 20.8. The molecule has 19 heavy (non-hydrogen) atoms. The molecule has 1 heteroatoms. The van der Waals surface area contributed by atoms with Crippen molar-refractivity contribution in [1.29, 1.82) is 0 Å². The highest BCUT2D eigenvalue weighted by Crippen LogP contribution is 2.17. The fourth-order valence-corrected chi connectivity index (χ4v) is 1.94. The number of hydrogen-bond donors (Lipinski definition) is 0. The first-order chi connectivity index (χ1) is 9.36. The Hall–Kier alpha value is -2.15. The third kappa shape index (κ3) is 4.55. The van der Waals surface area contributed by atoms with Gasteiger partial charge in [-0.2, -0.15) is 0 Å². The van der Waals surface area contributed by atoms with E-state index >= 15 is 0 Å². The van der Waals surface area contributed by atoms with Gasteiger partial charge in [0.15, 0.2) is 0 Å². The summed E-state index contributed by atoms with van der Waals surface area (Å²) in [6.45, 7) is 0. The van der Waals surface area contributed by atoms with Crippen LogP contribution in [0.3, 0.4) is 0 Å². The van der Waals surface area contributed by atoms with Crippen molar-refractivity contribution >= 4 is 5.78 Å². The Labute approximate surface area is 114 Å². The Morgan fingerprint density at radius 3 is 1.53 bits per heavy atom. The summed E-state index contributed by atoms with van der Waals surface area (Å²) in [5.74, 6) is 0.377. The molecule has 0 amide bonds. The van der Waals surface area contributed by atoms with Crippen molar-refractivity contribution in [2.75, 3.05) is 0 Å². The van der Waals surface area contributed by atoms with Crippen LogP contribution in [0, 0.1) is 0 Å². The third-order valence-corrected chi connectivity index (χ3v) is 2.98. The summed E-state index contributed by atoms with van der Waals surface area (Å²) < 4.78 is 0. The van der Waals surface area contributed by atoms with Crippen molar-refractivity contribution in [3.63, 3.8) is 0 Å². The second kappa shape index (κ2) is 7.32. The van der Waals surface area contributed by atoms with Crippen molar-refractivity contribution in [3.05, 3.63) is 72.8 Å². The highest BCUT2D eigenvalue weighted by atomic mass is 16.1. The number of allylic oxidation sites excluding steroid dienone is 2.